The van der Waals surface area contributed by atoms with Crippen LogP contribution in [-0.4, -0.2) is 30.4 Å². The Hall–Kier alpha value is -3.86. The summed E-state index contributed by atoms with van der Waals surface area (Å²) in [5, 5.41) is 0.337. The van der Waals surface area contributed by atoms with Gasteiger partial charge >= 0.3 is 5.97 Å². The van der Waals surface area contributed by atoms with E-state index in [-0.39, 0.29) is 23.8 Å². The molecule has 0 fully saturated rings. The van der Waals surface area contributed by atoms with E-state index in [1.165, 1.54) is 23.0 Å². The molecule has 0 unspecified atom stereocenters. The number of esters is 1. The molecule has 234 valence electrons. The summed E-state index contributed by atoms with van der Waals surface area (Å²) in [6, 6.07) is 17.9. The minimum absolute atomic E-state index is 0.125. The average Bonchev–Trinajstić information content (AvgIpc) is 3.30. The van der Waals surface area contributed by atoms with Gasteiger partial charge in [0.25, 0.3) is 5.56 Å². The highest BCUT2D eigenvalue weighted by molar-refractivity contribution is 9.10. The normalized spacial score (nSPS) is 14.7. The van der Waals surface area contributed by atoms with Gasteiger partial charge in [0, 0.05) is 10.0 Å². The lowest BCUT2D eigenvalue weighted by molar-refractivity contribution is -0.139. The second-order valence-corrected chi connectivity index (χ2v) is 12.8. The second-order valence-electron chi connectivity index (χ2n) is 10.5. The molecule has 5 rings (SSSR count). The number of rotatable bonds is 10. The number of ether oxygens (including phenoxy) is 4. The van der Waals surface area contributed by atoms with Gasteiger partial charge in [-0.1, -0.05) is 69.2 Å². The fourth-order valence-electron chi connectivity index (χ4n) is 5.00. The second kappa shape index (κ2) is 14.1. The SMILES string of the molecule is CCOC(=O)C1=C(C)N=c2s/c(=C/c3cc(Cl)c(OCc4ccc(Br)cc4)c(OC)c3)c(=O)n2[C@@H]1c1ccccc1OC(C)C. The summed E-state index contributed by atoms with van der Waals surface area (Å²) in [6.45, 7) is 7.82. The van der Waals surface area contributed by atoms with Crippen molar-refractivity contribution in [2.45, 2.75) is 46.4 Å². The fourth-order valence-corrected chi connectivity index (χ4v) is 6.59. The Bertz CT molecular complexity index is 1950. The fraction of sp³-hybridized carbons (Fsp3) is 0.265. The minimum Gasteiger partial charge on any atom is -0.493 e. The zero-order valence-corrected chi connectivity index (χ0v) is 28.6. The maximum atomic E-state index is 14.1. The first-order chi connectivity index (χ1) is 21.6. The Morgan fingerprint density at radius 3 is 2.56 bits per heavy atom. The van der Waals surface area contributed by atoms with Crippen LogP contribution in [0.25, 0.3) is 6.08 Å². The summed E-state index contributed by atoms with van der Waals surface area (Å²) in [6.07, 6.45) is 1.60. The van der Waals surface area contributed by atoms with Gasteiger partial charge in [0.2, 0.25) is 0 Å². The van der Waals surface area contributed by atoms with Crippen molar-refractivity contribution in [3.05, 3.63) is 118 Å². The number of nitrogens with zero attached hydrogens (tertiary/aromatic N) is 2. The maximum Gasteiger partial charge on any atom is 0.338 e. The van der Waals surface area contributed by atoms with E-state index in [1.807, 2.05) is 62.4 Å². The zero-order chi connectivity index (χ0) is 32.2. The predicted molar refractivity (Wildman–Crippen MR) is 179 cm³/mol. The number of carbonyl (C=O) groups excluding carboxylic acids is 1. The molecular weight excluding hydrogens is 680 g/mol. The lowest BCUT2D eigenvalue weighted by Crippen LogP contribution is -2.40. The van der Waals surface area contributed by atoms with Crippen molar-refractivity contribution in [1.29, 1.82) is 0 Å². The van der Waals surface area contributed by atoms with Gasteiger partial charge in [0.05, 0.1) is 40.6 Å². The van der Waals surface area contributed by atoms with E-state index in [4.69, 9.17) is 30.5 Å². The summed E-state index contributed by atoms with van der Waals surface area (Å²) >= 11 is 11.3. The molecule has 0 saturated carbocycles. The molecule has 0 bridgehead atoms. The minimum atomic E-state index is -0.801. The third-order valence-electron chi connectivity index (χ3n) is 6.94. The van der Waals surface area contributed by atoms with Gasteiger partial charge < -0.3 is 18.9 Å². The Kier molecular flexibility index (Phi) is 10.2. The molecule has 2 heterocycles. The Morgan fingerprint density at radius 1 is 1.13 bits per heavy atom. The highest BCUT2D eigenvalue weighted by Crippen LogP contribution is 2.38. The van der Waals surface area contributed by atoms with Gasteiger partial charge in [-0.25, -0.2) is 9.79 Å². The average molecular weight is 712 g/mol. The van der Waals surface area contributed by atoms with E-state index in [0.717, 1.165) is 10.0 Å². The number of benzene rings is 3. The number of para-hydroxylation sites is 1. The number of carbonyl (C=O) groups is 1. The number of hydrogen-bond acceptors (Lipinski definition) is 8. The first-order valence-corrected chi connectivity index (χ1v) is 16.3. The molecule has 0 spiro atoms. The van der Waals surface area contributed by atoms with Crippen LogP contribution in [-0.2, 0) is 16.1 Å². The topological polar surface area (TPSA) is 88.4 Å². The molecule has 1 atom stereocenters. The lowest BCUT2D eigenvalue weighted by Gasteiger charge is -2.26. The van der Waals surface area contributed by atoms with E-state index in [2.05, 4.69) is 20.9 Å². The smallest absolute Gasteiger partial charge is 0.338 e. The van der Waals surface area contributed by atoms with E-state index < -0.39 is 12.0 Å². The van der Waals surface area contributed by atoms with Crippen LogP contribution in [0.15, 0.2) is 86.2 Å². The monoisotopic (exact) mass is 710 g/mol. The molecule has 4 aromatic rings. The molecule has 0 radical (unpaired) electrons. The van der Waals surface area contributed by atoms with Crippen LogP contribution in [0.1, 0.15) is 50.4 Å². The lowest BCUT2D eigenvalue weighted by atomic mass is 9.95. The van der Waals surface area contributed by atoms with Gasteiger partial charge in [-0.2, -0.15) is 0 Å². The molecule has 11 heteroatoms. The molecule has 3 aromatic carbocycles. The van der Waals surface area contributed by atoms with Crippen LogP contribution in [0.3, 0.4) is 0 Å². The van der Waals surface area contributed by atoms with Gasteiger partial charge in [-0.15, -0.1) is 0 Å². The largest absolute Gasteiger partial charge is 0.493 e. The standard InChI is InChI=1S/C34H32BrClN2O6S/c1-6-42-33(40)29-20(4)37-34-38(30(29)24-9-7-8-10-26(24)44-19(2)3)32(39)28(45-34)17-22-15-25(36)31(27(16-22)41-5)43-18-21-11-13-23(35)14-12-21/h7-17,19,30H,6,18H2,1-5H3/b28-17+/t30-/m1/s1. The Labute approximate surface area is 278 Å². The zero-order valence-electron chi connectivity index (χ0n) is 25.4. The van der Waals surface area contributed by atoms with Crippen molar-refractivity contribution < 1.29 is 23.7 Å². The number of halogens is 2. The molecule has 8 nitrogen and oxygen atoms in total. The highest BCUT2D eigenvalue weighted by atomic mass is 79.9. The van der Waals surface area contributed by atoms with Gasteiger partial charge in [-0.05, 0) is 75.2 Å². The Balaban J connectivity index is 1.60. The van der Waals surface area contributed by atoms with E-state index in [0.29, 0.717) is 55.0 Å². The summed E-state index contributed by atoms with van der Waals surface area (Å²) in [7, 11) is 1.53. The van der Waals surface area contributed by atoms with E-state index >= 15 is 0 Å². The van der Waals surface area contributed by atoms with E-state index in [1.54, 1.807) is 32.1 Å². The molecule has 1 aliphatic rings. The van der Waals surface area contributed by atoms with Gasteiger partial charge in [0.1, 0.15) is 18.4 Å². The predicted octanol–water partition coefficient (Wildman–Crippen LogP) is 6.59. The van der Waals surface area contributed by atoms with Crippen molar-refractivity contribution in [3.63, 3.8) is 0 Å². The number of allylic oxidation sites excluding steroid dienone is 1. The summed E-state index contributed by atoms with van der Waals surface area (Å²) < 4.78 is 26.1. The molecule has 0 N–H and O–H groups in total. The van der Waals surface area contributed by atoms with Crippen molar-refractivity contribution in [2.24, 2.45) is 4.99 Å². The van der Waals surface area contributed by atoms with Crippen molar-refractivity contribution in [1.82, 2.24) is 4.57 Å². The Morgan fingerprint density at radius 2 is 1.87 bits per heavy atom. The van der Waals surface area contributed by atoms with Crippen LogP contribution in [0, 0.1) is 0 Å². The summed E-state index contributed by atoms with van der Waals surface area (Å²) in [4.78, 5) is 32.6. The number of thiazole rings is 1. The number of fused-ring (bicyclic) bond motifs is 1. The summed E-state index contributed by atoms with van der Waals surface area (Å²) in [5.41, 5.74) is 2.71. The third kappa shape index (κ3) is 7.03. The highest BCUT2D eigenvalue weighted by Gasteiger charge is 2.35. The third-order valence-corrected chi connectivity index (χ3v) is 8.73. The molecule has 0 aliphatic carbocycles. The van der Waals surface area contributed by atoms with Crippen LogP contribution in [0.5, 0.6) is 17.2 Å². The number of hydrogen-bond donors (Lipinski definition) is 0. The van der Waals surface area contributed by atoms with Crippen LogP contribution in [0.2, 0.25) is 5.02 Å². The van der Waals surface area contributed by atoms with Gasteiger partial charge in [0.15, 0.2) is 16.3 Å². The molecular formula is C34H32BrClN2O6S. The van der Waals surface area contributed by atoms with Crippen LogP contribution >= 0.6 is 38.9 Å². The van der Waals surface area contributed by atoms with Crippen molar-refractivity contribution in [2.75, 3.05) is 13.7 Å². The number of aromatic nitrogens is 1. The van der Waals surface area contributed by atoms with Crippen molar-refractivity contribution in [3.8, 4) is 17.2 Å². The van der Waals surface area contributed by atoms with Crippen LogP contribution < -0.4 is 29.1 Å². The number of methoxy groups -OCH3 is 1. The summed E-state index contributed by atoms with van der Waals surface area (Å²) in [5.74, 6) is 0.861. The molecule has 1 aromatic heterocycles. The van der Waals surface area contributed by atoms with E-state index in [9.17, 15) is 9.59 Å². The molecule has 1 aliphatic heterocycles. The van der Waals surface area contributed by atoms with Crippen molar-refractivity contribution >= 4 is 50.9 Å². The quantitative estimate of drug-likeness (QED) is 0.173. The molecule has 0 saturated heterocycles. The first kappa shape index (κ1) is 32.5. The maximum absolute atomic E-state index is 14.1. The van der Waals surface area contributed by atoms with Gasteiger partial charge in [-0.3, -0.25) is 9.36 Å². The molecule has 0 amide bonds. The first-order valence-electron chi connectivity index (χ1n) is 14.3. The van der Waals surface area contributed by atoms with Crippen LogP contribution in [0.4, 0.5) is 0 Å². The molecule has 45 heavy (non-hydrogen) atoms.